The molecule has 0 aliphatic rings. The van der Waals surface area contributed by atoms with Crippen molar-refractivity contribution in [1.82, 2.24) is 0 Å². The van der Waals surface area contributed by atoms with Gasteiger partial charge in [-0.05, 0) is 49.4 Å². The van der Waals surface area contributed by atoms with Crippen molar-refractivity contribution in [3.05, 3.63) is 64.6 Å². The van der Waals surface area contributed by atoms with Crippen LogP contribution in [0.3, 0.4) is 0 Å². The Labute approximate surface area is 141 Å². The van der Waals surface area contributed by atoms with Crippen molar-refractivity contribution in [2.45, 2.75) is 12.3 Å². The van der Waals surface area contributed by atoms with Crippen LogP contribution in [0.4, 0.5) is 10.1 Å². The third-order valence-corrected chi connectivity index (χ3v) is 3.68. The number of fused-ring (bicyclic) bond motifs is 1. The molecule has 0 aliphatic heterocycles. The molecular weight excluding hydrogens is 333 g/mol. The van der Waals surface area contributed by atoms with Crippen LogP contribution in [-0.2, 0) is 4.79 Å². The van der Waals surface area contributed by atoms with Gasteiger partial charge < -0.3 is 9.73 Å². The monoisotopic (exact) mass is 345 g/mol. The van der Waals surface area contributed by atoms with E-state index < -0.39 is 5.38 Å². The zero-order valence-electron chi connectivity index (χ0n) is 12.7. The van der Waals surface area contributed by atoms with Crippen molar-refractivity contribution in [2.24, 2.45) is 0 Å². The molecule has 0 fully saturated rings. The Morgan fingerprint density at radius 3 is 2.54 bits per heavy atom. The molecule has 1 atom stereocenters. The Balaban J connectivity index is 2.02. The second-order valence-corrected chi connectivity index (χ2v) is 5.95. The molecule has 122 valence electrons. The maximum atomic E-state index is 13.0. The van der Waals surface area contributed by atoms with Crippen LogP contribution in [0.15, 0.2) is 57.7 Å². The van der Waals surface area contributed by atoms with E-state index in [1.54, 1.807) is 19.1 Å². The first-order valence-electron chi connectivity index (χ1n) is 7.23. The van der Waals surface area contributed by atoms with Crippen LogP contribution in [0, 0.1) is 5.82 Å². The normalized spacial score (nSPS) is 12.1. The molecule has 1 aromatic heterocycles. The molecule has 0 spiro atoms. The topological polar surface area (TPSA) is 59.3 Å². The summed E-state index contributed by atoms with van der Waals surface area (Å²) in [5, 5.41) is 2.27. The van der Waals surface area contributed by atoms with Crippen molar-refractivity contribution in [3.63, 3.8) is 0 Å². The molecule has 0 bridgehead atoms. The number of nitrogens with one attached hydrogen (secondary N) is 1. The molecule has 3 rings (SSSR count). The molecule has 24 heavy (non-hydrogen) atoms. The summed E-state index contributed by atoms with van der Waals surface area (Å²) in [5.41, 5.74) is 1.18. The van der Waals surface area contributed by atoms with Gasteiger partial charge in [-0.25, -0.2) is 4.39 Å². The number of anilines is 1. The Bertz CT molecular complexity index is 964. The SMILES string of the molecule is CC(Cl)C(=O)Nc1ccc2oc(-c3ccc(F)cc3)cc(=O)c2c1. The summed E-state index contributed by atoms with van der Waals surface area (Å²) in [6, 6.07) is 11.8. The van der Waals surface area contributed by atoms with E-state index in [0.29, 0.717) is 28.0 Å². The van der Waals surface area contributed by atoms with Crippen LogP contribution in [0.5, 0.6) is 0 Å². The number of hydrogen-bond donors (Lipinski definition) is 1. The first-order valence-corrected chi connectivity index (χ1v) is 7.66. The Hall–Kier alpha value is -2.66. The minimum absolute atomic E-state index is 0.259. The molecule has 0 radical (unpaired) electrons. The maximum Gasteiger partial charge on any atom is 0.242 e. The van der Waals surface area contributed by atoms with Gasteiger partial charge in [0.25, 0.3) is 0 Å². The van der Waals surface area contributed by atoms with Crippen molar-refractivity contribution < 1.29 is 13.6 Å². The average molecular weight is 346 g/mol. The minimum Gasteiger partial charge on any atom is -0.456 e. The van der Waals surface area contributed by atoms with Crippen LogP contribution in [-0.4, -0.2) is 11.3 Å². The van der Waals surface area contributed by atoms with Gasteiger partial charge >= 0.3 is 0 Å². The third-order valence-electron chi connectivity index (χ3n) is 3.48. The first kappa shape index (κ1) is 16.2. The van der Waals surface area contributed by atoms with E-state index in [1.165, 1.54) is 36.4 Å². The summed E-state index contributed by atoms with van der Waals surface area (Å²) >= 11 is 5.71. The van der Waals surface area contributed by atoms with Gasteiger partial charge in [0.15, 0.2) is 5.43 Å². The lowest BCUT2D eigenvalue weighted by atomic mass is 10.1. The number of carbonyl (C=O) groups excluding carboxylic acids is 1. The molecule has 0 saturated carbocycles. The van der Waals surface area contributed by atoms with E-state index in [2.05, 4.69) is 5.32 Å². The van der Waals surface area contributed by atoms with Gasteiger partial charge in [-0.1, -0.05) is 0 Å². The lowest BCUT2D eigenvalue weighted by Crippen LogP contribution is -2.20. The minimum atomic E-state index is -0.682. The molecule has 0 aliphatic carbocycles. The van der Waals surface area contributed by atoms with Crippen molar-refractivity contribution in [1.29, 1.82) is 0 Å². The molecule has 4 nitrogen and oxygen atoms in total. The fourth-order valence-corrected chi connectivity index (χ4v) is 2.29. The van der Waals surface area contributed by atoms with E-state index in [-0.39, 0.29) is 17.2 Å². The molecule has 6 heteroatoms. The van der Waals surface area contributed by atoms with Gasteiger partial charge in [0.05, 0.1) is 5.39 Å². The summed E-state index contributed by atoms with van der Waals surface area (Å²) in [6.07, 6.45) is 0. The zero-order valence-corrected chi connectivity index (χ0v) is 13.4. The van der Waals surface area contributed by atoms with E-state index in [9.17, 15) is 14.0 Å². The lowest BCUT2D eigenvalue weighted by molar-refractivity contribution is -0.115. The molecule has 1 heterocycles. The number of carbonyl (C=O) groups is 1. The molecule has 2 aromatic carbocycles. The molecule has 1 amide bonds. The van der Waals surface area contributed by atoms with Gasteiger partial charge in [-0.15, -0.1) is 11.6 Å². The van der Waals surface area contributed by atoms with Crippen LogP contribution in [0.1, 0.15) is 6.92 Å². The maximum absolute atomic E-state index is 13.0. The highest BCUT2D eigenvalue weighted by Gasteiger charge is 2.12. The number of amides is 1. The van der Waals surface area contributed by atoms with E-state index in [0.717, 1.165) is 0 Å². The highest BCUT2D eigenvalue weighted by Crippen LogP contribution is 2.24. The fraction of sp³-hybridized carbons (Fsp3) is 0.111. The van der Waals surface area contributed by atoms with E-state index in [1.807, 2.05) is 0 Å². The largest absolute Gasteiger partial charge is 0.456 e. The molecular formula is C18H13ClFNO3. The fourth-order valence-electron chi connectivity index (χ4n) is 2.23. The number of hydrogen-bond acceptors (Lipinski definition) is 3. The summed E-state index contributed by atoms with van der Waals surface area (Å²) < 4.78 is 18.7. The molecule has 0 saturated heterocycles. The van der Waals surface area contributed by atoms with Gasteiger partial charge in [-0.2, -0.15) is 0 Å². The standard InChI is InChI=1S/C18H13ClFNO3/c1-10(19)18(23)21-13-6-7-16-14(8-13)15(22)9-17(24-16)11-2-4-12(20)5-3-11/h2-10H,1H3,(H,21,23). The van der Waals surface area contributed by atoms with Gasteiger partial charge in [0.2, 0.25) is 5.91 Å². The Kier molecular flexibility index (Phi) is 4.36. The number of rotatable bonds is 3. The van der Waals surface area contributed by atoms with Crippen molar-refractivity contribution in [2.75, 3.05) is 5.32 Å². The summed E-state index contributed by atoms with van der Waals surface area (Å²) in [7, 11) is 0. The van der Waals surface area contributed by atoms with Crippen LogP contribution in [0.25, 0.3) is 22.3 Å². The highest BCUT2D eigenvalue weighted by molar-refractivity contribution is 6.32. The number of halogens is 2. The second kappa shape index (κ2) is 6.45. The quantitative estimate of drug-likeness (QED) is 0.725. The molecule has 1 N–H and O–H groups in total. The van der Waals surface area contributed by atoms with Crippen molar-refractivity contribution in [3.8, 4) is 11.3 Å². The van der Waals surface area contributed by atoms with Gasteiger partial charge in [0, 0.05) is 17.3 Å². The predicted octanol–water partition coefficient (Wildman–Crippen LogP) is 4.16. The lowest BCUT2D eigenvalue weighted by Gasteiger charge is -2.08. The van der Waals surface area contributed by atoms with Crippen LogP contribution in [0.2, 0.25) is 0 Å². The van der Waals surface area contributed by atoms with Crippen molar-refractivity contribution >= 4 is 34.2 Å². The summed E-state index contributed by atoms with van der Waals surface area (Å²) in [6.45, 7) is 1.56. The molecule has 3 aromatic rings. The van der Waals surface area contributed by atoms with E-state index >= 15 is 0 Å². The Morgan fingerprint density at radius 2 is 1.88 bits per heavy atom. The number of benzene rings is 2. The smallest absolute Gasteiger partial charge is 0.242 e. The highest BCUT2D eigenvalue weighted by atomic mass is 35.5. The van der Waals surface area contributed by atoms with Gasteiger partial charge in [0.1, 0.15) is 22.5 Å². The summed E-state index contributed by atoms with van der Waals surface area (Å²) in [5.74, 6) is -0.377. The third kappa shape index (κ3) is 3.31. The Morgan fingerprint density at radius 1 is 1.17 bits per heavy atom. The zero-order chi connectivity index (χ0) is 17.3. The number of alkyl halides is 1. The molecule has 1 unspecified atom stereocenters. The average Bonchev–Trinajstić information content (AvgIpc) is 2.55. The van der Waals surface area contributed by atoms with Crippen LogP contribution < -0.4 is 10.7 Å². The van der Waals surface area contributed by atoms with E-state index in [4.69, 9.17) is 16.0 Å². The summed E-state index contributed by atoms with van der Waals surface area (Å²) in [4.78, 5) is 24.0. The predicted molar refractivity (Wildman–Crippen MR) is 91.8 cm³/mol. The van der Waals surface area contributed by atoms with Crippen LogP contribution >= 0.6 is 11.6 Å². The van der Waals surface area contributed by atoms with Gasteiger partial charge in [-0.3, -0.25) is 9.59 Å². The first-order chi connectivity index (χ1) is 11.4. The second-order valence-electron chi connectivity index (χ2n) is 5.30.